The number of aliphatic hydroxyl groups is 1. The van der Waals surface area contributed by atoms with Crippen molar-refractivity contribution in [2.45, 2.75) is 38.6 Å². The molecule has 0 spiro atoms. The zero-order valence-electron chi connectivity index (χ0n) is 14.3. The van der Waals surface area contributed by atoms with Gasteiger partial charge in [0.1, 0.15) is 5.82 Å². The summed E-state index contributed by atoms with van der Waals surface area (Å²) in [5.41, 5.74) is 1.09. The molecule has 3 heterocycles. The van der Waals surface area contributed by atoms with Crippen LogP contribution in [0.5, 0.6) is 0 Å². The number of likely N-dealkylation sites (tertiary alicyclic amines) is 1. The third-order valence-electron chi connectivity index (χ3n) is 5.09. The Hall–Kier alpha value is -1.82. The minimum absolute atomic E-state index is 0.0114. The van der Waals surface area contributed by atoms with Crippen LogP contribution in [0.1, 0.15) is 37.7 Å². The molecule has 2 N–H and O–H groups in total. The van der Waals surface area contributed by atoms with Gasteiger partial charge >= 0.3 is 6.03 Å². The van der Waals surface area contributed by atoms with E-state index in [0.717, 1.165) is 50.4 Å². The summed E-state index contributed by atoms with van der Waals surface area (Å²) in [5.74, 6) is 1.37. The van der Waals surface area contributed by atoms with Crippen LogP contribution in [0.15, 0.2) is 18.3 Å². The normalized spacial score (nSPS) is 19.4. The number of aliphatic hydroxyl groups excluding tert-OH is 1. The first kappa shape index (κ1) is 17.0. The van der Waals surface area contributed by atoms with E-state index >= 15 is 0 Å². The number of nitrogens with zero attached hydrogens (tertiary/aromatic N) is 3. The van der Waals surface area contributed by atoms with Gasteiger partial charge in [-0.25, -0.2) is 9.78 Å². The Kier molecular flexibility index (Phi) is 5.91. The van der Waals surface area contributed by atoms with Crippen molar-refractivity contribution in [1.82, 2.24) is 15.2 Å². The maximum absolute atomic E-state index is 12.3. The van der Waals surface area contributed by atoms with E-state index in [1.54, 1.807) is 0 Å². The SMILES string of the molecule is O=C(NCc1ccnc(N2CCCCC2)c1)N1CCC(CO)CC1. The molecule has 0 radical (unpaired) electrons. The van der Waals surface area contributed by atoms with E-state index in [0.29, 0.717) is 12.5 Å². The van der Waals surface area contributed by atoms with Crippen LogP contribution in [0, 0.1) is 5.92 Å². The number of hydrogen-bond acceptors (Lipinski definition) is 4. The van der Waals surface area contributed by atoms with Gasteiger partial charge in [-0.2, -0.15) is 0 Å². The van der Waals surface area contributed by atoms with Crippen molar-refractivity contribution >= 4 is 11.8 Å². The molecule has 0 saturated carbocycles. The molecular weight excluding hydrogens is 304 g/mol. The summed E-state index contributed by atoms with van der Waals surface area (Å²) in [4.78, 5) is 20.9. The van der Waals surface area contributed by atoms with Crippen LogP contribution in [0.3, 0.4) is 0 Å². The lowest BCUT2D eigenvalue weighted by atomic mass is 9.98. The highest BCUT2D eigenvalue weighted by atomic mass is 16.3. The van der Waals surface area contributed by atoms with Crippen LogP contribution in [0.2, 0.25) is 0 Å². The molecule has 2 amide bonds. The number of pyridine rings is 1. The summed E-state index contributed by atoms with van der Waals surface area (Å²) in [6.07, 6.45) is 7.37. The highest BCUT2D eigenvalue weighted by Crippen LogP contribution is 2.19. The Morgan fingerprint density at radius 3 is 2.67 bits per heavy atom. The summed E-state index contributed by atoms with van der Waals surface area (Å²) in [6, 6.07) is 4.04. The summed E-state index contributed by atoms with van der Waals surface area (Å²) < 4.78 is 0. The number of aromatic nitrogens is 1. The van der Waals surface area contributed by atoms with Gasteiger partial charge in [-0.05, 0) is 55.7 Å². The van der Waals surface area contributed by atoms with Crippen molar-refractivity contribution < 1.29 is 9.90 Å². The van der Waals surface area contributed by atoms with E-state index < -0.39 is 0 Å². The smallest absolute Gasteiger partial charge is 0.317 e. The second kappa shape index (κ2) is 8.33. The third-order valence-corrected chi connectivity index (χ3v) is 5.09. The van der Waals surface area contributed by atoms with Crippen LogP contribution < -0.4 is 10.2 Å². The molecule has 2 aliphatic rings. The molecule has 24 heavy (non-hydrogen) atoms. The van der Waals surface area contributed by atoms with Gasteiger partial charge in [0.05, 0.1) is 0 Å². The van der Waals surface area contributed by atoms with Gasteiger partial charge in [0.2, 0.25) is 0 Å². The maximum atomic E-state index is 12.3. The number of piperidine rings is 2. The monoisotopic (exact) mass is 332 g/mol. The second-order valence-corrected chi connectivity index (χ2v) is 6.84. The molecule has 0 aliphatic carbocycles. The first-order valence-electron chi connectivity index (χ1n) is 9.10. The number of rotatable bonds is 4. The standard InChI is InChI=1S/C18H28N4O2/c23-14-15-5-10-22(11-6-15)18(24)20-13-16-4-7-19-17(12-16)21-8-2-1-3-9-21/h4,7,12,15,23H,1-3,5-6,8-11,13-14H2,(H,20,24). The molecule has 0 bridgehead atoms. The largest absolute Gasteiger partial charge is 0.396 e. The maximum Gasteiger partial charge on any atom is 0.317 e. The number of nitrogens with one attached hydrogen (secondary N) is 1. The quantitative estimate of drug-likeness (QED) is 0.885. The van der Waals surface area contributed by atoms with Gasteiger partial charge < -0.3 is 20.2 Å². The zero-order chi connectivity index (χ0) is 16.8. The lowest BCUT2D eigenvalue weighted by Crippen LogP contribution is -2.44. The average Bonchev–Trinajstić information content (AvgIpc) is 2.67. The first-order chi connectivity index (χ1) is 11.8. The lowest BCUT2D eigenvalue weighted by molar-refractivity contribution is 0.137. The summed E-state index contributed by atoms with van der Waals surface area (Å²) in [7, 11) is 0. The van der Waals surface area contributed by atoms with Crippen LogP contribution >= 0.6 is 0 Å². The fourth-order valence-corrected chi connectivity index (χ4v) is 3.47. The van der Waals surface area contributed by atoms with E-state index in [1.165, 1.54) is 19.3 Å². The van der Waals surface area contributed by atoms with Crippen molar-refractivity contribution in [3.8, 4) is 0 Å². The molecule has 3 rings (SSSR count). The van der Waals surface area contributed by atoms with E-state index in [-0.39, 0.29) is 12.6 Å². The Balaban J connectivity index is 1.50. The summed E-state index contributed by atoms with van der Waals surface area (Å²) >= 11 is 0. The molecule has 1 aromatic rings. The first-order valence-corrected chi connectivity index (χ1v) is 9.10. The molecule has 2 saturated heterocycles. The second-order valence-electron chi connectivity index (χ2n) is 6.84. The predicted molar refractivity (Wildman–Crippen MR) is 93.9 cm³/mol. The molecule has 6 nitrogen and oxygen atoms in total. The predicted octanol–water partition coefficient (Wildman–Crippen LogP) is 1.99. The number of anilines is 1. The van der Waals surface area contributed by atoms with Gasteiger partial charge in [0.15, 0.2) is 0 Å². The van der Waals surface area contributed by atoms with E-state index in [2.05, 4.69) is 21.3 Å². The molecular formula is C18H28N4O2. The molecule has 1 aromatic heterocycles. The number of hydrogen-bond donors (Lipinski definition) is 2. The van der Waals surface area contributed by atoms with Crippen molar-refractivity contribution in [3.63, 3.8) is 0 Å². The van der Waals surface area contributed by atoms with E-state index in [4.69, 9.17) is 0 Å². The van der Waals surface area contributed by atoms with Crippen molar-refractivity contribution in [1.29, 1.82) is 0 Å². The number of amides is 2. The van der Waals surface area contributed by atoms with Crippen LogP contribution in [0.25, 0.3) is 0 Å². The molecule has 0 unspecified atom stereocenters. The molecule has 6 heteroatoms. The number of carbonyl (C=O) groups excluding carboxylic acids is 1. The molecule has 132 valence electrons. The van der Waals surface area contributed by atoms with Gasteiger partial charge in [-0.1, -0.05) is 0 Å². The fraction of sp³-hybridized carbons (Fsp3) is 0.667. The minimum Gasteiger partial charge on any atom is -0.396 e. The fourth-order valence-electron chi connectivity index (χ4n) is 3.47. The van der Waals surface area contributed by atoms with Crippen LogP contribution in [-0.2, 0) is 6.54 Å². The zero-order valence-corrected chi connectivity index (χ0v) is 14.3. The highest BCUT2D eigenvalue weighted by Gasteiger charge is 2.22. The highest BCUT2D eigenvalue weighted by molar-refractivity contribution is 5.74. The third kappa shape index (κ3) is 4.38. The van der Waals surface area contributed by atoms with Crippen molar-refractivity contribution in [2.75, 3.05) is 37.7 Å². The van der Waals surface area contributed by atoms with E-state index in [9.17, 15) is 9.90 Å². The van der Waals surface area contributed by atoms with Crippen molar-refractivity contribution in [2.24, 2.45) is 5.92 Å². The Morgan fingerprint density at radius 1 is 1.21 bits per heavy atom. The summed E-state index contributed by atoms with van der Waals surface area (Å²) in [5, 5.41) is 12.2. The van der Waals surface area contributed by atoms with Gasteiger partial charge in [0.25, 0.3) is 0 Å². The van der Waals surface area contributed by atoms with Crippen LogP contribution in [0.4, 0.5) is 10.6 Å². The minimum atomic E-state index is -0.0114. The van der Waals surface area contributed by atoms with Crippen molar-refractivity contribution in [3.05, 3.63) is 23.9 Å². The average molecular weight is 332 g/mol. The van der Waals surface area contributed by atoms with Gasteiger partial charge in [-0.15, -0.1) is 0 Å². The summed E-state index contributed by atoms with van der Waals surface area (Å²) in [6.45, 7) is 4.36. The lowest BCUT2D eigenvalue weighted by Gasteiger charge is -2.31. The molecule has 0 atom stereocenters. The molecule has 2 fully saturated rings. The Bertz CT molecular complexity index is 538. The van der Waals surface area contributed by atoms with Crippen LogP contribution in [-0.4, -0.2) is 53.8 Å². The Morgan fingerprint density at radius 2 is 1.96 bits per heavy atom. The topological polar surface area (TPSA) is 68.7 Å². The van der Waals surface area contributed by atoms with Gasteiger partial charge in [-0.3, -0.25) is 0 Å². The number of carbonyl (C=O) groups is 1. The molecule has 0 aromatic carbocycles. The number of urea groups is 1. The van der Waals surface area contributed by atoms with Gasteiger partial charge in [0, 0.05) is 45.5 Å². The van der Waals surface area contributed by atoms with E-state index in [1.807, 2.05) is 17.2 Å². The molecule has 2 aliphatic heterocycles. The Labute approximate surface area is 143 Å².